The summed E-state index contributed by atoms with van der Waals surface area (Å²) in [5.74, 6) is -6.20. The Balaban J connectivity index is 2.22. The van der Waals surface area contributed by atoms with E-state index in [1.54, 1.807) is 26.3 Å². The van der Waals surface area contributed by atoms with Crippen LogP contribution < -0.4 is 32.7 Å². The number of nitrogens with one attached hydrogen (secondary N) is 5. The van der Waals surface area contributed by atoms with Crippen molar-refractivity contribution in [3.05, 3.63) is 36.0 Å². The van der Waals surface area contributed by atoms with Crippen molar-refractivity contribution in [1.29, 1.82) is 0 Å². The third-order valence-electron chi connectivity index (χ3n) is 7.61. The Kier molecular flexibility index (Phi) is 16.6. The highest BCUT2D eigenvalue weighted by atomic mass is 32.2. The summed E-state index contributed by atoms with van der Waals surface area (Å²) in [6.07, 6.45) is 2.48. The highest BCUT2D eigenvalue weighted by molar-refractivity contribution is 7.98. The largest absolute Gasteiger partial charge is 0.481 e. The monoisotopic (exact) mass is 705 g/mol. The van der Waals surface area contributed by atoms with Crippen LogP contribution in [0, 0.1) is 5.92 Å². The van der Waals surface area contributed by atoms with Gasteiger partial charge < -0.3 is 47.9 Å². The molecule has 270 valence electrons. The number of H-pyrrole nitrogens is 1. The number of benzene rings is 1. The average molecular weight is 706 g/mol. The number of fused-ring (bicyclic) bond motifs is 1. The Morgan fingerprint density at radius 1 is 0.796 bits per heavy atom. The van der Waals surface area contributed by atoms with Crippen LogP contribution in [-0.2, 0) is 40.0 Å². The maximum absolute atomic E-state index is 13.5. The van der Waals surface area contributed by atoms with Crippen molar-refractivity contribution in [2.75, 3.05) is 12.0 Å². The molecule has 0 unspecified atom stereocenters. The molecule has 0 aliphatic carbocycles. The van der Waals surface area contributed by atoms with E-state index in [0.29, 0.717) is 5.75 Å². The molecule has 1 aromatic carbocycles. The number of carboxylic acid groups (broad SMARTS) is 2. The third kappa shape index (κ3) is 13.8. The van der Waals surface area contributed by atoms with Crippen LogP contribution in [-0.4, -0.2) is 98.9 Å². The number of thioether (sulfide) groups is 1. The summed E-state index contributed by atoms with van der Waals surface area (Å²) >= 11 is 1.38. The molecule has 0 radical (unpaired) electrons. The second-order valence-electron chi connectivity index (χ2n) is 12.1. The van der Waals surface area contributed by atoms with Crippen molar-refractivity contribution in [3.8, 4) is 0 Å². The third-order valence-corrected chi connectivity index (χ3v) is 8.25. The van der Waals surface area contributed by atoms with E-state index < -0.39 is 78.1 Å². The van der Waals surface area contributed by atoms with Gasteiger partial charge in [0.1, 0.15) is 24.2 Å². The number of rotatable bonds is 22. The van der Waals surface area contributed by atoms with Crippen molar-refractivity contribution in [3.63, 3.8) is 0 Å². The number of para-hydroxylation sites is 1. The minimum Gasteiger partial charge on any atom is -0.481 e. The fourth-order valence-electron chi connectivity index (χ4n) is 5.01. The Labute approximate surface area is 288 Å². The molecule has 0 bridgehead atoms. The van der Waals surface area contributed by atoms with Crippen LogP contribution in [0.25, 0.3) is 10.9 Å². The van der Waals surface area contributed by atoms with E-state index in [1.807, 2.05) is 24.3 Å². The molecule has 1 aromatic heterocycles. The van der Waals surface area contributed by atoms with Crippen LogP contribution in [0.4, 0.5) is 0 Å². The van der Waals surface area contributed by atoms with Crippen molar-refractivity contribution in [2.24, 2.45) is 17.4 Å². The Bertz CT molecular complexity index is 1480. The van der Waals surface area contributed by atoms with E-state index >= 15 is 0 Å². The summed E-state index contributed by atoms with van der Waals surface area (Å²) in [7, 11) is 0. The molecule has 1 heterocycles. The zero-order valence-corrected chi connectivity index (χ0v) is 28.6. The number of carboxylic acids is 2. The van der Waals surface area contributed by atoms with E-state index in [2.05, 4.69) is 26.3 Å². The zero-order chi connectivity index (χ0) is 36.7. The van der Waals surface area contributed by atoms with E-state index in [9.17, 15) is 43.8 Å². The molecule has 0 aliphatic rings. The smallest absolute Gasteiger partial charge is 0.326 e. The molecule has 0 aliphatic heterocycles. The average Bonchev–Trinajstić information content (AvgIpc) is 3.44. The molecule has 49 heavy (non-hydrogen) atoms. The lowest BCUT2D eigenvalue weighted by Crippen LogP contribution is -2.59. The first-order valence-corrected chi connectivity index (χ1v) is 17.3. The predicted molar refractivity (Wildman–Crippen MR) is 183 cm³/mol. The van der Waals surface area contributed by atoms with Gasteiger partial charge in [0.2, 0.25) is 29.5 Å². The number of aliphatic carboxylic acids is 2. The second-order valence-corrected chi connectivity index (χ2v) is 13.1. The summed E-state index contributed by atoms with van der Waals surface area (Å²) < 4.78 is 0. The van der Waals surface area contributed by atoms with Crippen LogP contribution in [0.2, 0.25) is 0 Å². The summed E-state index contributed by atoms with van der Waals surface area (Å²) in [6.45, 7) is 3.56. The summed E-state index contributed by atoms with van der Waals surface area (Å²) in [6, 6.07) is 1.09. The topological polar surface area (TPSA) is 276 Å². The van der Waals surface area contributed by atoms with Gasteiger partial charge in [0, 0.05) is 29.9 Å². The van der Waals surface area contributed by atoms with E-state index in [-0.39, 0.29) is 44.4 Å². The molecular formula is C32H47N7O9S. The molecule has 5 amide bonds. The number of hydrogen-bond donors (Lipinski definition) is 9. The van der Waals surface area contributed by atoms with Crippen LogP contribution in [0.1, 0.15) is 57.9 Å². The van der Waals surface area contributed by atoms with Gasteiger partial charge in [0.25, 0.3) is 0 Å². The van der Waals surface area contributed by atoms with Gasteiger partial charge in [-0.1, -0.05) is 32.0 Å². The second kappa shape index (κ2) is 20.0. The molecule has 0 saturated carbocycles. The molecule has 5 atom stereocenters. The molecule has 2 aromatic rings. The molecular weight excluding hydrogens is 658 g/mol. The fraction of sp³-hybridized carbons (Fsp3) is 0.531. The molecule has 0 saturated heterocycles. The Morgan fingerprint density at radius 3 is 1.92 bits per heavy atom. The maximum atomic E-state index is 13.5. The van der Waals surface area contributed by atoms with Gasteiger partial charge in [-0.3, -0.25) is 28.8 Å². The van der Waals surface area contributed by atoms with Crippen LogP contribution in [0.3, 0.4) is 0 Å². The number of nitrogens with two attached hydrogens (primary N) is 2. The van der Waals surface area contributed by atoms with Crippen molar-refractivity contribution < 1.29 is 43.8 Å². The number of carbonyl (C=O) groups excluding carboxylic acids is 5. The summed E-state index contributed by atoms with van der Waals surface area (Å²) in [4.78, 5) is 91.0. The number of aromatic amines is 1. The lowest BCUT2D eigenvalue weighted by molar-refractivity contribution is -0.142. The molecule has 0 spiro atoms. The van der Waals surface area contributed by atoms with Gasteiger partial charge in [-0.2, -0.15) is 11.8 Å². The fourth-order valence-corrected chi connectivity index (χ4v) is 5.49. The van der Waals surface area contributed by atoms with E-state index in [0.717, 1.165) is 16.5 Å². The quantitative estimate of drug-likeness (QED) is 0.0786. The van der Waals surface area contributed by atoms with E-state index in [1.165, 1.54) is 11.8 Å². The predicted octanol–water partition coefficient (Wildman–Crippen LogP) is -0.00900. The van der Waals surface area contributed by atoms with Gasteiger partial charge in [0.15, 0.2) is 0 Å². The summed E-state index contributed by atoms with van der Waals surface area (Å²) in [5.41, 5.74) is 13.1. The lowest BCUT2D eigenvalue weighted by atomic mass is 10.0. The Morgan fingerprint density at radius 2 is 1.35 bits per heavy atom. The standard InChI is InChI=1S/C32H47N7O9S/c1-17(2)14-25(31(46)37-22(8-10-26(34)40)29(44)38-24(32(47)48)12-13-49-3)39-30(45)23(9-11-27(41)42)36-28(43)20(33)15-18-16-35-21-7-5-4-6-19(18)21/h4-7,16-17,20,22-25,35H,8-15,33H2,1-3H3,(H2,34,40)(H,36,43)(H,37,46)(H,38,44)(H,39,45)(H,41,42)(H,47,48)/t20-,22-,23-,24-,25-/m0/s1. The Hall–Kier alpha value is -4.64. The SMILES string of the molecule is CSCC[C@H](NC(=O)[C@H](CCC(N)=O)NC(=O)[C@H](CC(C)C)NC(=O)[C@H](CCC(=O)O)NC(=O)[C@@H](N)Cc1c[nH]c2ccccc12)C(=O)O. The van der Waals surface area contributed by atoms with Gasteiger partial charge >= 0.3 is 11.9 Å². The normalized spacial score (nSPS) is 14.2. The highest BCUT2D eigenvalue weighted by Gasteiger charge is 2.32. The molecule has 0 fully saturated rings. The minimum atomic E-state index is -1.37. The van der Waals surface area contributed by atoms with Gasteiger partial charge in [-0.15, -0.1) is 0 Å². The first-order valence-electron chi connectivity index (χ1n) is 15.9. The number of carbonyl (C=O) groups is 7. The van der Waals surface area contributed by atoms with Crippen molar-refractivity contribution in [1.82, 2.24) is 26.3 Å². The van der Waals surface area contributed by atoms with Crippen molar-refractivity contribution in [2.45, 2.75) is 89.0 Å². The zero-order valence-electron chi connectivity index (χ0n) is 27.8. The summed E-state index contributed by atoms with van der Waals surface area (Å²) in [5, 5.41) is 29.6. The number of aromatic nitrogens is 1. The maximum Gasteiger partial charge on any atom is 0.326 e. The van der Waals surface area contributed by atoms with Gasteiger partial charge in [-0.25, -0.2) is 4.79 Å². The van der Waals surface area contributed by atoms with Gasteiger partial charge in [0.05, 0.1) is 6.04 Å². The van der Waals surface area contributed by atoms with Crippen LogP contribution >= 0.6 is 11.8 Å². The van der Waals surface area contributed by atoms with Gasteiger partial charge in [-0.05, 0) is 61.7 Å². The van der Waals surface area contributed by atoms with E-state index in [4.69, 9.17) is 11.5 Å². The molecule has 16 nitrogen and oxygen atoms in total. The highest BCUT2D eigenvalue weighted by Crippen LogP contribution is 2.19. The first kappa shape index (κ1) is 40.5. The molecule has 17 heteroatoms. The molecule has 2 rings (SSSR count). The van der Waals surface area contributed by atoms with Crippen LogP contribution in [0.5, 0.6) is 0 Å². The van der Waals surface area contributed by atoms with Crippen LogP contribution in [0.15, 0.2) is 30.5 Å². The lowest BCUT2D eigenvalue weighted by Gasteiger charge is -2.27. The minimum absolute atomic E-state index is 0.0763. The first-order chi connectivity index (χ1) is 23.1. The number of amides is 5. The van der Waals surface area contributed by atoms with Crippen molar-refractivity contribution >= 4 is 64.1 Å². The molecule has 11 N–H and O–H groups in total. The number of primary amides is 1. The number of hydrogen-bond acceptors (Lipinski definition) is 9.